The third-order valence-electron chi connectivity index (χ3n) is 3.55. The molecule has 3 N–H and O–H groups in total. The van der Waals surface area contributed by atoms with Crippen molar-refractivity contribution in [3.05, 3.63) is 29.8 Å². The van der Waals surface area contributed by atoms with Crippen LogP contribution in [0.1, 0.15) is 18.4 Å². The maximum absolute atomic E-state index is 12.6. The summed E-state index contributed by atoms with van der Waals surface area (Å²) < 4.78 is 26.7. The van der Waals surface area contributed by atoms with Gasteiger partial charge in [0.25, 0.3) is 0 Å². The third kappa shape index (κ3) is 2.97. The molecule has 19 heavy (non-hydrogen) atoms. The minimum absolute atomic E-state index is 0.0323. The van der Waals surface area contributed by atoms with Gasteiger partial charge < -0.3 is 10.8 Å². The standard InChI is InChI=1S/C13H20N2O3S/c14-8-12-5-1-2-6-13(12)19(17,18)15-7-3-4-11(9-15)10-16/h1-2,5-6,11,16H,3-4,7-10,14H2. The van der Waals surface area contributed by atoms with Crippen molar-refractivity contribution in [2.45, 2.75) is 24.3 Å². The van der Waals surface area contributed by atoms with Crippen LogP contribution in [-0.4, -0.2) is 37.5 Å². The van der Waals surface area contributed by atoms with Crippen LogP contribution in [0.2, 0.25) is 0 Å². The van der Waals surface area contributed by atoms with Crippen molar-refractivity contribution < 1.29 is 13.5 Å². The summed E-state index contributed by atoms with van der Waals surface area (Å²) in [5, 5.41) is 9.20. The van der Waals surface area contributed by atoms with Gasteiger partial charge in [-0.2, -0.15) is 4.31 Å². The molecule has 1 aromatic carbocycles. The molecule has 1 aromatic rings. The van der Waals surface area contributed by atoms with Crippen LogP contribution >= 0.6 is 0 Å². The fraction of sp³-hybridized carbons (Fsp3) is 0.538. The van der Waals surface area contributed by atoms with Crippen molar-refractivity contribution in [1.82, 2.24) is 4.31 Å². The number of aliphatic hydroxyl groups excluding tert-OH is 1. The highest BCUT2D eigenvalue weighted by molar-refractivity contribution is 7.89. The van der Waals surface area contributed by atoms with E-state index < -0.39 is 10.0 Å². The molecule has 0 bridgehead atoms. The van der Waals surface area contributed by atoms with E-state index in [1.807, 2.05) is 0 Å². The maximum Gasteiger partial charge on any atom is 0.243 e. The van der Waals surface area contributed by atoms with Crippen LogP contribution in [-0.2, 0) is 16.6 Å². The van der Waals surface area contributed by atoms with Gasteiger partial charge in [0, 0.05) is 26.2 Å². The minimum Gasteiger partial charge on any atom is -0.396 e. The summed E-state index contributed by atoms with van der Waals surface area (Å²) >= 11 is 0. The predicted octanol–water partition coefficient (Wildman–Crippen LogP) is 0.538. The molecule has 0 radical (unpaired) electrons. The molecule has 1 saturated heterocycles. The second kappa shape index (κ2) is 6.00. The molecule has 0 amide bonds. The Hall–Kier alpha value is -0.950. The normalized spacial score (nSPS) is 21.5. The largest absolute Gasteiger partial charge is 0.396 e. The van der Waals surface area contributed by atoms with Gasteiger partial charge in [-0.05, 0) is 30.4 Å². The van der Waals surface area contributed by atoms with E-state index in [-0.39, 0.29) is 24.0 Å². The molecule has 1 fully saturated rings. The average molecular weight is 284 g/mol. The second-order valence-corrected chi connectivity index (χ2v) is 6.77. The summed E-state index contributed by atoms with van der Waals surface area (Å²) in [5.41, 5.74) is 6.24. The average Bonchev–Trinajstić information content (AvgIpc) is 2.47. The Kier molecular flexibility index (Phi) is 4.57. The fourth-order valence-electron chi connectivity index (χ4n) is 2.46. The summed E-state index contributed by atoms with van der Waals surface area (Å²) in [7, 11) is -3.51. The minimum atomic E-state index is -3.51. The Labute approximate surface area is 114 Å². The van der Waals surface area contributed by atoms with Crippen LogP contribution in [0, 0.1) is 5.92 Å². The fourth-order valence-corrected chi connectivity index (χ4v) is 4.25. The summed E-state index contributed by atoms with van der Waals surface area (Å²) in [4.78, 5) is 0.288. The lowest BCUT2D eigenvalue weighted by Crippen LogP contribution is -2.41. The van der Waals surface area contributed by atoms with Gasteiger partial charge in [-0.1, -0.05) is 18.2 Å². The molecule has 0 aliphatic carbocycles. The predicted molar refractivity (Wildman–Crippen MR) is 72.9 cm³/mol. The molecule has 0 spiro atoms. The van der Waals surface area contributed by atoms with Crippen molar-refractivity contribution in [2.24, 2.45) is 11.7 Å². The van der Waals surface area contributed by atoms with E-state index >= 15 is 0 Å². The lowest BCUT2D eigenvalue weighted by atomic mass is 10.0. The summed E-state index contributed by atoms with van der Waals surface area (Å²) in [6.45, 7) is 1.13. The maximum atomic E-state index is 12.6. The molecule has 5 nitrogen and oxygen atoms in total. The van der Waals surface area contributed by atoms with Gasteiger partial charge in [-0.25, -0.2) is 8.42 Å². The van der Waals surface area contributed by atoms with Gasteiger partial charge in [0.2, 0.25) is 10.0 Å². The smallest absolute Gasteiger partial charge is 0.243 e. The van der Waals surface area contributed by atoms with Gasteiger partial charge >= 0.3 is 0 Å². The SMILES string of the molecule is NCc1ccccc1S(=O)(=O)N1CCCC(CO)C1. The second-order valence-electron chi connectivity index (χ2n) is 4.87. The summed E-state index contributed by atoms with van der Waals surface area (Å²) in [5.74, 6) is 0.0357. The number of sulfonamides is 1. The number of rotatable bonds is 4. The van der Waals surface area contributed by atoms with E-state index in [0.29, 0.717) is 18.7 Å². The van der Waals surface area contributed by atoms with E-state index in [1.54, 1.807) is 24.3 Å². The van der Waals surface area contributed by atoms with Crippen molar-refractivity contribution in [2.75, 3.05) is 19.7 Å². The number of piperidine rings is 1. The molecule has 1 unspecified atom stereocenters. The zero-order valence-corrected chi connectivity index (χ0v) is 11.6. The Morgan fingerprint density at radius 1 is 1.37 bits per heavy atom. The number of nitrogens with zero attached hydrogens (tertiary/aromatic N) is 1. The van der Waals surface area contributed by atoms with E-state index in [4.69, 9.17) is 5.73 Å². The van der Waals surface area contributed by atoms with Crippen LogP contribution in [0.15, 0.2) is 29.2 Å². The Balaban J connectivity index is 2.31. The first kappa shape index (κ1) is 14.5. The number of nitrogens with two attached hydrogens (primary N) is 1. The number of benzene rings is 1. The quantitative estimate of drug-likeness (QED) is 0.845. The highest BCUT2D eigenvalue weighted by atomic mass is 32.2. The summed E-state index contributed by atoms with van der Waals surface area (Å²) in [6.07, 6.45) is 1.66. The molecule has 1 aliphatic rings. The van der Waals surface area contributed by atoms with Crippen LogP contribution in [0.25, 0.3) is 0 Å². The molecule has 1 aliphatic heterocycles. The summed E-state index contributed by atoms with van der Waals surface area (Å²) in [6, 6.07) is 6.83. The zero-order valence-electron chi connectivity index (χ0n) is 10.8. The zero-order chi connectivity index (χ0) is 13.9. The lowest BCUT2D eigenvalue weighted by Gasteiger charge is -2.31. The molecular weight excluding hydrogens is 264 g/mol. The Morgan fingerprint density at radius 3 is 2.79 bits per heavy atom. The van der Waals surface area contributed by atoms with Crippen molar-refractivity contribution >= 4 is 10.0 Å². The van der Waals surface area contributed by atoms with Crippen molar-refractivity contribution in [3.8, 4) is 0 Å². The first-order chi connectivity index (χ1) is 9.09. The molecule has 1 heterocycles. The van der Waals surface area contributed by atoms with E-state index in [2.05, 4.69) is 0 Å². The van der Waals surface area contributed by atoms with Crippen LogP contribution in [0.4, 0.5) is 0 Å². The van der Waals surface area contributed by atoms with Gasteiger partial charge in [-0.15, -0.1) is 0 Å². The third-order valence-corrected chi connectivity index (χ3v) is 5.52. The van der Waals surface area contributed by atoms with E-state index in [9.17, 15) is 13.5 Å². The van der Waals surface area contributed by atoms with Crippen LogP contribution in [0.5, 0.6) is 0 Å². The van der Waals surface area contributed by atoms with Gasteiger partial charge in [-0.3, -0.25) is 0 Å². The van der Waals surface area contributed by atoms with Gasteiger partial charge in [0.1, 0.15) is 0 Å². The molecule has 1 atom stereocenters. The first-order valence-corrected chi connectivity index (χ1v) is 7.92. The number of hydrogen-bond acceptors (Lipinski definition) is 4. The molecule has 2 rings (SSSR count). The monoisotopic (exact) mass is 284 g/mol. The van der Waals surface area contributed by atoms with Crippen LogP contribution in [0.3, 0.4) is 0 Å². The molecule has 0 saturated carbocycles. The molecule has 0 aromatic heterocycles. The first-order valence-electron chi connectivity index (χ1n) is 6.48. The number of hydrogen-bond donors (Lipinski definition) is 2. The molecule has 6 heteroatoms. The molecular formula is C13H20N2O3S. The Morgan fingerprint density at radius 2 is 2.11 bits per heavy atom. The van der Waals surface area contributed by atoms with E-state index in [1.165, 1.54) is 4.31 Å². The lowest BCUT2D eigenvalue weighted by molar-refractivity contribution is 0.165. The molecule has 106 valence electrons. The van der Waals surface area contributed by atoms with Crippen molar-refractivity contribution in [3.63, 3.8) is 0 Å². The van der Waals surface area contributed by atoms with Gasteiger partial charge in [0.05, 0.1) is 4.90 Å². The topological polar surface area (TPSA) is 83.6 Å². The van der Waals surface area contributed by atoms with E-state index in [0.717, 1.165) is 12.8 Å². The van der Waals surface area contributed by atoms with Crippen molar-refractivity contribution in [1.29, 1.82) is 0 Å². The number of aliphatic hydroxyl groups is 1. The van der Waals surface area contributed by atoms with Gasteiger partial charge in [0.15, 0.2) is 0 Å². The highest BCUT2D eigenvalue weighted by Gasteiger charge is 2.30. The van der Waals surface area contributed by atoms with Crippen LogP contribution < -0.4 is 5.73 Å². The Bertz CT molecular complexity index is 530. The highest BCUT2D eigenvalue weighted by Crippen LogP contribution is 2.25.